The van der Waals surface area contributed by atoms with Gasteiger partial charge in [0.15, 0.2) is 11.5 Å². The van der Waals surface area contributed by atoms with E-state index in [-0.39, 0.29) is 6.10 Å². The van der Waals surface area contributed by atoms with E-state index in [1.807, 2.05) is 60.7 Å². The van der Waals surface area contributed by atoms with Crippen LogP contribution in [0.25, 0.3) is 28.9 Å². The molecule has 0 unspecified atom stereocenters. The van der Waals surface area contributed by atoms with Gasteiger partial charge in [0, 0.05) is 5.56 Å². The van der Waals surface area contributed by atoms with Crippen molar-refractivity contribution in [3.63, 3.8) is 0 Å². The van der Waals surface area contributed by atoms with Gasteiger partial charge in [0.25, 0.3) is 0 Å². The molecule has 1 aromatic heterocycles. The van der Waals surface area contributed by atoms with Crippen LogP contribution in [0.3, 0.4) is 0 Å². The minimum atomic E-state index is 0.242. The first kappa shape index (κ1) is 21.1. The molecule has 0 N–H and O–H groups in total. The number of rotatable bonds is 7. The number of ether oxygens (including phenoxy) is 3. The third-order valence-electron chi connectivity index (χ3n) is 6.14. The van der Waals surface area contributed by atoms with Crippen LogP contribution < -0.4 is 14.2 Å². The van der Waals surface area contributed by atoms with E-state index >= 15 is 0 Å². The normalized spacial score (nSPS) is 14.2. The van der Waals surface area contributed by atoms with E-state index in [0.717, 1.165) is 58.2 Å². The summed E-state index contributed by atoms with van der Waals surface area (Å²) >= 11 is 0. The maximum absolute atomic E-state index is 6.40. The fourth-order valence-corrected chi connectivity index (χ4v) is 4.51. The molecule has 0 spiro atoms. The smallest absolute Gasteiger partial charge is 0.168 e. The maximum atomic E-state index is 6.40. The molecular weight excluding hydrogens is 412 g/mol. The van der Waals surface area contributed by atoms with Crippen LogP contribution in [0.15, 0.2) is 66.7 Å². The summed E-state index contributed by atoms with van der Waals surface area (Å²) in [6.07, 6.45) is 8.94. The third kappa shape index (κ3) is 4.19. The highest BCUT2D eigenvalue weighted by Crippen LogP contribution is 2.36. The summed E-state index contributed by atoms with van der Waals surface area (Å²) < 4.78 is 19.8. The zero-order chi connectivity index (χ0) is 22.6. The first-order valence-corrected chi connectivity index (χ1v) is 11.4. The summed E-state index contributed by atoms with van der Waals surface area (Å²) in [5, 5.41) is 0. The van der Waals surface area contributed by atoms with Crippen LogP contribution in [0.1, 0.15) is 37.1 Å². The second-order valence-corrected chi connectivity index (χ2v) is 8.20. The number of para-hydroxylation sites is 5. The highest BCUT2D eigenvalue weighted by atomic mass is 16.5. The van der Waals surface area contributed by atoms with Crippen molar-refractivity contribution in [3.8, 4) is 22.9 Å². The molecule has 1 fully saturated rings. The van der Waals surface area contributed by atoms with Gasteiger partial charge in [-0.1, -0.05) is 36.4 Å². The highest BCUT2D eigenvalue weighted by molar-refractivity contribution is 5.83. The molecule has 0 saturated heterocycles. The van der Waals surface area contributed by atoms with E-state index < -0.39 is 0 Å². The van der Waals surface area contributed by atoms with Crippen LogP contribution in [-0.2, 0) is 0 Å². The number of hydrogen-bond donors (Lipinski definition) is 0. The topological polar surface area (TPSA) is 45.5 Å². The number of fused-ring (bicyclic) bond motifs is 1. The van der Waals surface area contributed by atoms with Gasteiger partial charge < -0.3 is 14.2 Å². The molecule has 1 saturated carbocycles. The van der Waals surface area contributed by atoms with Crippen LogP contribution >= 0.6 is 0 Å². The number of benzene rings is 3. The second kappa shape index (κ2) is 9.41. The van der Waals surface area contributed by atoms with Crippen LogP contribution in [0.5, 0.6) is 17.2 Å². The standard InChI is InChI=1S/C28H28N2O3/c1-31-25-16-8-7-15-24(25)30-23-14-6-5-13-22(23)29-27(30)19-18-20-10-9-17-26(32-2)28(20)33-21-11-3-4-12-21/h5-10,13-19,21H,3-4,11-12H2,1-2H3/b19-18+. The Morgan fingerprint density at radius 2 is 1.55 bits per heavy atom. The van der Waals surface area contributed by atoms with Crippen molar-refractivity contribution in [1.29, 1.82) is 0 Å². The number of nitrogens with zero attached hydrogens (tertiary/aromatic N) is 2. The van der Waals surface area contributed by atoms with Gasteiger partial charge in [0.05, 0.1) is 37.0 Å². The van der Waals surface area contributed by atoms with E-state index in [1.54, 1.807) is 14.2 Å². The highest BCUT2D eigenvalue weighted by Gasteiger charge is 2.20. The molecule has 0 amide bonds. The lowest BCUT2D eigenvalue weighted by Gasteiger charge is -2.18. The van der Waals surface area contributed by atoms with Gasteiger partial charge in [-0.15, -0.1) is 0 Å². The van der Waals surface area contributed by atoms with Crippen molar-refractivity contribution in [3.05, 3.63) is 78.1 Å². The predicted molar refractivity (Wildman–Crippen MR) is 132 cm³/mol. The average molecular weight is 441 g/mol. The van der Waals surface area contributed by atoms with Crippen LogP contribution in [0, 0.1) is 0 Å². The second-order valence-electron chi connectivity index (χ2n) is 8.20. The molecule has 5 rings (SSSR count). The molecule has 0 radical (unpaired) electrons. The Balaban J connectivity index is 1.60. The van der Waals surface area contributed by atoms with E-state index in [9.17, 15) is 0 Å². The van der Waals surface area contributed by atoms with E-state index in [0.29, 0.717) is 0 Å². The summed E-state index contributed by atoms with van der Waals surface area (Å²) in [5.41, 5.74) is 3.87. The summed E-state index contributed by atoms with van der Waals surface area (Å²) in [6, 6.07) is 22.1. The Morgan fingerprint density at radius 3 is 2.36 bits per heavy atom. The third-order valence-corrected chi connectivity index (χ3v) is 6.14. The molecule has 1 aliphatic rings. The molecule has 5 nitrogen and oxygen atoms in total. The Hall–Kier alpha value is -3.73. The largest absolute Gasteiger partial charge is 0.495 e. The number of methoxy groups -OCH3 is 2. The molecule has 33 heavy (non-hydrogen) atoms. The molecule has 0 atom stereocenters. The maximum Gasteiger partial charge on any atom is 0.168 e. The summed E-state index contributed by atoms with van der Waals surface area (Å²) in [7, 11) is 3.38. The quantitative estimate of drug-likeness (QED) is 0.328. The van der Waals surface area contributed by atoms with Gasteiger partial charge in [-0.2, -0.15) is 0 Å². The van der Waals surface area contributed by atoms with E-state index in [2.05, 4.69) is 22.8 Å². The molecular formula is C28H28N2O3. The molecule has 3 aromatic carbocycles. The Bertz CT molecular complexity index is 1290. The average Bonchev–Trinajstić information content (AvgIpc) is 3.50. The minimum absolute atomic E-state index is 0.242. The minimum Gasteiger partial charge on any atom is -0.495 e. The fourth-order valence-electron chi connectivity index (χ4n) is 4.51. The molecule has 5 heteroatoms. The fraction of sp³-hybridized carbons (Fsp3) is 0.250. The van der Waals surface area contributed by atoms with Crippen LogP contribution in [0.4, 0.5) is 0 Å². The van der Waals surface area contributed by atoms with Crippen molar-refractivity contribution in [2.75, 3.05) is 14.2 Å². The lowest BCUT2D eigenvalue weighted by molar-refractivity contribution is 0.200. The van der Waals surface area contributed by atoms with Crippen molar-refractivity contribution in [1.82, 2.24) is 9.55 Å². The Labute approximate surface area is 194 Å². The number of aromatic nitrogens is 2. The monoisotopic (exact) mass is 440 g/mol. The van der Waals surface area contributed by atoms with Crippen molar-refractivity contribution >= 4 is 23.2 Å². The first-order chi connectivity index (χ1) is 16.3. The molecule has 1 aliphatic carbocycles. The Morgan fingerprint density at radius 1 is 0.818 bits per heavy atom. The van der Waals surface area contributed by atoms with Gasteiger partial charge >= 0.3 is 0 Å². The van der Waals surface area contributed by atoms with E-state index in [4.69, 9.17) is 19.2 Å². The van der Waals surface area contributed by atoms with Gasteiger partial charge in [-0.3, -0.25) is 4.57 Å². The number of hydrogen-bond acceptors (Lipinski definition) is 4. The van der Waals surface area contributed by atoms with E-state index in [1.165, 1.54) is 12.8 Å². The molecule has 0 bridgehead atoms. The summed E-state index contributed by atoms with van der Waals surface area (Å²) in [6.45, 7) is 0. The van der Waals surface area contributed by atoms with Crippen molar-refractivity contribution in [2.24, 2.45) is 0 Å². The van der Waals surface area contributed by atoms with Crippen LogP contribution in [0.2, 0.25) is 0 Å². The van der Waals surface area contributed by atoms with Gasteiger partial charge in [0.1, 0.15) is 11.6 Å². The van der Waals surface area contributed by atoms with Crippen molar-refractivity contribution < 1.29 is 14.2 Å². The van der Waals surface area contributed by atoms with Gasteiger partial charge in [-0.25, -0.2) is 4.98 Å². The zero-order valence-corrected chi connectivity index (χ0v) is 19.0. The molecule has 0 aliphatic heterocycles. The summed E-state index contributed by atoms with van der Waals surface area (Å²) in [5.74, 6) is 3.16. The Kier molecular flexibility index (Phi) is 6.03. The van der Waals surface area contributed by atoms with Gasteiger partial charge in [-0.05, 0) is 68.2 Å². The van der Waals surface area contributed by atoms with Gasteiger partial charge in [0.2, 0.25) is 0 Å². The predicted octanol–water partition coefficient (Wildman–Crippen LogP) is 6.53. The van der Waals surface area contributed by atoms with Crippen molar-refractivity contribution in [2.45, 2.75) is 31.8 Å². The van der Waals surface area contributed by atoms with Crippen LogP contribution in [-0.4, -0.2) is 29.9 Å². The molecule has 4 aromatic rings. The molecule has 1 heterocycles. The lowest BCUT2D eigenvalue weighted by atomic mass is 10.1. The first-order valence-electron chi connectivity index (χ1n) is 11.4. The summed E-state index contributed by atoms with van der Waals surface area (Å²) in [4.78, 5) is 4.90. The molecule has 168 valence electrons. The SMILES string of the molecule is COc1ccccc1-n1c(/C=C/c2cccc(OC)c2OC2CCCC2)nc2ccccc21. The zero-order valence-electron chi connectivity index (χ0n) is 19.0. The number of imidazole rings is 1. The lowest BCUT2D eigenvalue weighted by Crippen LogP contribution is -2.12.